The van der Waals surface area contributed by atoms with Crippen molar-refractivity contribution in [3.63, 3.8) is 0 Å². The Morgan fingerprint density at radius 2 is 1.69 bits per heavy atom. The first-order valence-electron chi connectivity index (χ1n) is 8.69. The van der Waals surface area contributed by atoms with Gasteiger partial charge in [0.25, 0.3) is 5.91 Å². The van der Waals surface area contributed by atoms with Gasteiger partial charge < -0.3 is 4.90 Å². The molecular weight excluding hydrogens is 322 g/mol. The molecule has 2 aliphatic rings. The Kier molecular flexibility index (Phi) is 3.10. The van der Waals surface area contributed by atoms with Crippen molar-refractivity contribution in [2.75, 3.05) is 4.90 Å². The fraction of sp³-hybridized carbons (Fsp3) is 0.136. The summed E-state index contributed by atoms with van der Waals surface area (Å²) in [7, 11) is 0. The van der Waals surface area contributed by atoms with Gasteiger partial charge in [-0.15, -0.1) is 0 Å². The third-order valence-electron chi connectivity index (χ3n) is 5.17. The van der Waals surface area contributed by atoms with E-state index in [1.165, 1.54) is 0 Å². The summed E-state index contributed by atoms with van der Waals surface area (Å²) in [6, 6.07) is 23.9. The average molecular weight is 339 g/mol. The second-order valence-electron chi connectivity index (χ2n) is 6.83. The number of fused-ring (bicyclic) bond motifs is 4. The number of aryl methyl sites for hydroxylation is 1. The zero-order valence-electron chi connectivity index (χ0n) is 14.4. The summed E-state index contributed by atoms with van der Waals surface area (Å²) in [4.78, 5) is 15.5. The van der Waals surface area contributed by atoms with Crippen molar-refractivity contribution in [2.24, 2.45) is 10.2 Å². The summed E-state index contributed by atoms with van der Waals surface area (Å²) >= 11 is 0. The zero-order chi connectivity index (χ0) is 17.7. The molecule has 0 bridgehead atoms. The lowest BCUT2D eigenvalue weighted by Crippen LogP contribution is -2.38. The van der Waals surface area contributed by atoms with Crippen molar-refractivity contribution in [3.05, 3.63) is 95.1 Å². The van der Waals surface area contributed by atoms with Crippen LogP contribution in [-0.4, -0.2) is 5.91 Å². The molecule has 3 aromatic carbocycles. The SMILES string of the molecule is Cc1ccc2c(c1)C1(N=Nc3ccccc31)C(=O)N2Cc1ccccc1. The minimum atomic E-state index is -1.05. The summed E-state index contributed by atoms with van der Waals surface area (Å²) in [6.07, 6.45) is 0. The van der Waals surface area contributed by atoms with E-state index in [4.69, 9.17) is 0 Å². The third kappa shape index (κ3) is 1.93. The number of hydrogen-bond donors (Lipinski definition) is 0. The van der Waals surface area contributed by atoms with Crippen LogP contribution in [0.1, 0.15) is 22.3 Å². The summed E-state index contributed by atoms with van der Waals surface area (Å²) in [6.45, 7) is 2.56. The summed E-state index contributed by atoms with van der Waals surface area (Å²) in [5.74, 6) is -0.0318. The van der Waals surface area contributed by atoms with Gasteiger partial charge in [-0.05, 0) is 24.6 Å². The molecule has 2 heterocycles. The van der Waals surface area contributed by atoms with Crippen molar-refractivity contribution in [1.29, 1.82) is 0 Å². The number of hydrogen-bond acceptors (Lipinski definition) is 3. The smallest absolute Gasteiger partial charge is 0.266 e. The predicted octanol–water partition coefficient (Wildman–Crippen LogP) is 4.88. The van der Waals surface area contributed by atoms with Crippen LogP contribution in [0.25, 0.3) is 0 Å². The van der Waals surface area contributed by atoms with Gasteiger partial charge in [0.15, 0.2) is 0 Å². The largest absolute Gasteiger partial charge is 0.305 e. The molecule has 1 unspecified atom stereocenters. The summed E-state index contributed by atoms with van der Waals surface area (Å²) < 4.78 is 0. The molecule has 1 spiro atoms. The van der Waals surface area contributed by atoms with Gasteiger partial charge in [-0.25, -0.2) is 0 Å². The Labute approximate surface area is 151 Å². The molecule has 126 valence electrons. The first-order valence-corrected chi connectivity index (χ1v) is 8.69. The molecule has 1 amide bonds. The number of carbonyl (C=O) groups is 1. The molecule has 0 N–H and O–H groups in total. The maximum Gasteiger partial charge on any atom is 0.266 e. The lowest BCUT2D eigenvalue weighted by atomic mass is 9.84. The number of azo groups is 1. The molecule has 0 saturated heterocycles. The first-order chi connectivity index (χ1) is 12.7. The molecule has 0 saturated carbocycles. The van der Waals surface area contributed by atoms with Crippen molar-refractivity contribution in [2.45, 2.75) is 19.0 Å². The standard InChI is InChI=1S/C22H17N3O/c1-15-11-12-20-18(13-15)22(17-9-5-6-10-19(17)23-24-22)21(26)25(20)14-16-7-3-2-4-8-16/h2-13H,14H2,1H3. The van der Waals surface area contributed by atoms with Crippen LogP contribution in [-0.2, 0) is 16.9 Å². The van der Waals surface area contributed by atoms with Gasteiger partial charge in [-0.2, -0.15) is 10.2 Å². The minimum Gasteiger partial charge on any atom is -0.305 e. The summed E-state index contributed by atoms with van der Waals surface area (Å²) in [5.41, 5.74) is 4.63. The second-order valence-corrected chi connectivity index (χ2v) is 6.83. The van der Waals surface area contributed by atoms with Gasteiger partial charge in [0.1, 0.15) is 0 Å². The highest BCUT2D eigenvalue weighted by molar-refractivity contribution is 6.11. The number of anilines is 1. The van der Waals surface area contributed by atoms with E-state index in [1.54, 1.807) is 0 Å². The Hall–Kier alpha value is -3.27. The van der Waals surface area contributed by atoms with Crippen molar-refractivity contribution in [1.82, 2.24) is 0 Å². The fourth-order valence-corrected chi connectivity index (χ4v) is 3.92. The van der Waals surface area contributed by atoms with E-state index < -0.39 is 5.54 Å². The second kappa shape index (κ2) is 5.36. The molecule has 5 rings (SSSR count). The lowest BCUT2D eigenvalue weighted by Gasteiger charge is -2.21. The van der Waals surface area contributed by atoms with E-state index in [1.807, 2.05) is 78.6 Å². The molecule has 26 heavy (non-hydrogen) atoms. The number of benzene rings is 3. The molecule has 2 aliphatic heterocycles. The average Bonchev–Trinajstić information content (AvgIpc) is 3.16. The molecule has 0 aromatic heterocycles. The predicted molar refractivity (Wildman–Crippen MR) is 101 cm³/mol. The Morgan fingerprint density at radius 3 is 2.54 bits per heavy atom. The Bertz CT molecular complexity index is 1060. The fourth-order valence-electron chi connectivity index (χ4n) is 3.92. The van der Waals surface area contributed by atoms with Gasteiger partial charge in [0.2, 0.25) is 5.54 Å². The highest BCUT2D eigenvalue weighted by atomic mass is 16.2. The number of carbonyl (C=O) groups excluding carboxylic acids is 1. The molecule has 0 aliphatic carbocycles. The van der Waals surface area contributed by atoms with Crippen LogP contribution >= 0.6 is 0 Å². The van der Waals surface area contributed by atoms with Crippen LogP contribution in [0.2, 0.25) is 0 Å². The van der Waals surface area contributed by atoms with Crippen molar-refractivity contribution >= 4 is 17.3 Å². The first kappa shape index (κ1) is 15.0. The van der Waals surface area contributed by atoms with E-state index in [0.29, 0.717) is 6.54 Å². The van der Waals surface area contributed by atoms with Gasteiger partial charge in [-0.1, -0.05) is 66.2 Å². The quantitative estimate of drug-likeness (QED) is 0.656. The van der Waals surface area contributed by atoms with E-state index in [-0.39, 0.29) is 5.91 Å². The molecule has 4 heteroatoms. The van der Waals surface area contributed by atoms with E-state index >= 15 is 0 Å². The van der Waals surface area contributed by atoms with E-state index in [0.717, 1.165) is 33.6 Å². The molecule has 3 aromatic rings. The maximum atomic E-state index is 13.6. The topological polar surface area (TPSA) is 45.0 Å². The highest BCUT2D eigenvalue weighted by Crippen LogP contribution is 2.53. The maximum absolute atomic E-state index is 13.6. The molecule has 1 atom stereocenters. The lowest BCUT2D eigenvalue weighted by molar-refractivity contribution is -0.121. The molecule has 0 radical (unpaired) electrons. The number of rotatable bonds is 2. The van der Waals surface area contributed by atoms with Crippen LogP contribution < -0.4 is 4.90 Å². The van der Waals surface area contributed by atoms with E-state index in [9.17, 15) is 4.79 Å². The van der Waals surface area contributed by atoms with Crippen molar-refractivity contribution in [3.8, 4) is 0 Å². The van der Waals surface area contributed by atoms with Gasteiger partial charge in [0.05, 0.1) is 17.9 Å². The van der Waals surface area contributed by atoms with E-state index in [2.05, 4.69) is 16.3 Å². The number of nitrogens with zero attached hydrogens (tertiary/aromatic N) is 3. The Balaban J connectivity index is 1.71. The van der Waals surface area contributed by atoms with Gasteiger partial charge in [-0.3, -0.25) is 4.79 Å². The minimum absolute atomic E-state index is 0.0318. The monoisotopic (exact) mass is 339 g/mol. The van der Waals surface area contributed by atoms with Crippen molar-refractivity contribution < 1.29 is 4.79 Å². The molecular formula is C22H17N3O. The van der Waals surface area contributed by atoms with Crippen LogP contribution in [0, 0.1) is 6.92 Å². The highest BCUT2D eigenvalue weighted by Gasteiger charge is 2.56. The van der Waals surface area contributed by atoms with Crippen LogP contribution in [0.4, 0.5) is 11.4 Å². The third-order valence-corrected chi connectivity index (χ3v) is 5.17. The van der Waals surface area contributed by atoms with Gasteiger partial charge in [0, 0.05) is 11.1 Å². The van der Waals surface area contributed by atoms with Crippen LogP contribution in [0.15, 0.2) is 83.0 Å². The summed E-state index contributed by atoms with van der Waals surface area (Å²) in [5, 5.41) is 8.86. The molecule has 4 nitrogen and oxygen atoms in total. The number of amides is 1. The Morgan fingerprint density at radius 1 is 0.923 bits per heavy atom. The van der Waals surface area contributed by atoms with Crippen LogP contribution in [0.5, 0.6) is 0 Å². The normalized spacial score (nSPS) is 19.9. The molecule has 0 fully saturated rings. The van der Waals surface area contributed by atoms with Gasteiger partial charge >= 0.3 is 0 Å². The zero-order valence-corrected chi connectivity index (χ0v) is 14.4. The van der Waals surface area contributed by atoms with Crippen LogP contribution in [0.3, 0.4) is 0 Å².